The third-order valence-corrected chi connectivity index (χ3v) is 4.46. The number of rotatable bonds is 10. The van der Waals surface area contributed by atoms with Crippen LogP contribution in [0.15, 0.2) is 41.4 Å². The minimum atomic E-state index is -0.148. The van der Waals surface area contributed by atoms with Crippen LogP contribution in [0.4, 0.5) is 0 Å². The highest BCUT2D eigenvalue weighted by Crippen LogP contribution is 2.38. The van der Waals surface area contributed by atoms with Gasteiger partial charge >= 0.3 is 0 Å². The summed E-state index contributed by atoms with van der Waals surface area (Å²) in [6, 6.07) is 10.7. The molecule has 0 aliphatic heterocycles. The van der Waals surface area contributed by atoms with E-state index in [0.29, 0.717) is 54.2 Å². The van der Waals surface area contributed by atoms with Crippen molar-refractivity contribution in [1.29, 1.82) is 0 Å². The topological polar surface area (TPSA) is 102 Å². The number of carbonyl (C=O) groups excluding carboxylic acids is 1. The van der Waals surface area contributed by atoms with E-state index in [-0.39, 0.29) is 5.91 Å². The first kappa shape index (κ1) is 23.7. The molecule has 1 amide bonds. The lowest BCUT2D eigenvalue weighted by Crippen LogP contribution is -2.41. The Kier molecular flexibility index (Phi) is 9.28. The van der Waals surface area contributed by atoms with Crippen molar-refractivity contribution in [3.63, 3.8) is 0 Å². The summed E-state index contributed by atoms with van der Waals surface area (Å²) in [7, 11) is 7.99. The quantitative estimate of drug-likeness (QED) is 0.300. The summed E-state index contributed by atoms with van der Waals surface area (Å²) in [6.07, 6.45) is 0. The van der Waals surface area contributed by atoms with Crippen molar-refractivity contribution in [2.24, 2.45) is 4.99 Å². The fourth-order valence-corrected chi connectivity index (χ4v) is 2.85. The highest BCUT2D eigenvalue weighted by atomic mass is 16.5. The van der Waals surface area contributed by atoms with Gasteiger partial charge < -0.3 is 34.9 Å². The minimum absolute atomic E-state index is 0.148. The van der Waals surface area contributed by atoms with Gasteiger partial charge in [0.25, 0.3) is 5.91 Å². The van der Waals surface area contributed by atoms with Gasteiger partial charge in [-0.2, -0.15) is 0 Å². The van der Waals surface area contributed by atoms with Crippen LogP contribution in [0, 0.1) is 0 Å². The predicted octanol–water partition coefficient (Wildman–Crippen LogP) is 1.82. The van der Waals surface area contributed by atoms with Gasteiger partial charge in [-0.15, -0.1) is 0 Å². The molecular formula is C22H30N4O5. The maximum atomic E-state index is 12.2. The molecule has 2 aromatic rings. The molecule has 0 saturated heterocycles. The lowest BCUT2D eigenvalue weighted by atomic mass is 10.2. The van der Waals surface area contributed by atoms with E-state index in [0.717, 1.165) is 5.56 Å². The Morgan fingerprint density at radius 2 is 1.45 bits per heavy atom. The average molecular weight is 431 g/mol. The fraction of sp³-hybridized carbons (Fsp3) is 0.364. The smallest absolute Gasteiger partial charge is 0.251 e. The zero-order valence-corrected chi connectivity index (χ0v) is 18.6. The van der Waals surface area contributed by atoms with E-state index in [1.807, 2.05) is 12.1 Å². The number of ether oxygens (including phenoxy) is 4. The van der Waals surface area contributed by atoms with Gasteiger partial charge in [0.15, 0.2) is 17.5 Å². The zero-order valence-electron chi connectivity index (χ0n) is 18.6. The molecule has 0 aromatic heterocycles. The first-order valence-corrected chi connectivity index (χ1v) is 9.71. The minimum Gasteiger partial charge on any atom is -0.497 e. The number of nitrogens with one attached hydrogen (secondary N) is 3. The summed E-state index contributed by atoms with van der Waals surface area (Å²) in [6.45, 7) is 1.45. The molecule has 2 aromatic carbocycles. The lowest BCUT2D eigenvalue weighted by molar-refractivity contribution is 0.0954. The number of amides is 1. The first-order chi connectivity index (χ1) is 15.1. The molecule has 0 bridgehead atoms. The Morgan fingerprint density at radius 1 is 0.839 bits per heavy atom. The summed E-state index contributed by atoms with van der Waals surface area (Å²) in [5.74, 6) is 2.88. The predicted molar refractivity (Wildman–Crippen MR) is 120 cm³/mol. The Hall–Kier alpha value is -3.62. The monoisotopic (exact) mass is 430 g/mol. The van der Waals surface area contributed by atoms with Crippen molar-refractivity contribution in [3.8, 4) is 23.0 Å². The molecule has 9 heteroatoms. The summed E-state index contributed by atoms with van der Waals surface area (Å²) < 4.78 is 21.2. The summed E-state index contributed by atoms with van der Waals surface area (Å²) >= 11 is 0. The van der Waals surface area contributed by atoms with Crippen molar-refractivity contribution >= 4 is 11.9 Å². The van der Waals surface area contributed by atoms with Crippen LogP contribution >= 0.6 is 0 Å². The van der Waals surface area contributed by atoms with E-state index in [1.54, 1.807) is 59.8 Å². The summed E-state index contributed by atoms with van der Waals surface area (Å²) in [4.78, 5) is 16.4. The van der Waals surface area contributed by atoms with Crippen molar-refractivity contribution < 1.29 is 23.7 Å². The molecule has 9 nitrogen and oxygen atoms in total. The van der Waals surface area contributed by atoms with Crippen LogP contribution in [-0.4, -0.2) is 60.4 Å². The van der Waals surface area contributed by atoms with E-state index in [2.05, 4.69) is 20.9 Å². The van der Waals surface area contributed by atoms with Crippen LogP contribution in [0.2, 0.25) is 0 Å². The van der Waals surface area contributed by atoms with Crippen LogP contribution in [0.25, 0.3) is 0 Å². The molecule has 0 spiro atoms. The highest BCUT2D eigenvalue weighted by Gasteiger charge is 2.13. The number of hydrogen-bond acceptors (Lipinski definition) is 6. The standard InChI is InChI=1S/C22H30N4O5/c1-23-22(25-11-10-24-21(27)16-6-8-17(28-2)9-7-16)26-14-15-12-18(29-3)20(31-5)19(13-15)30-4/h6-9,12-13H,10-11,14H2,1-5H3,(H,24,27)(H2,23,25,26). The van der Waals surface area contributed by atoms with Crippen molar-refractivity contribution in [2.75, 3.05) is 48.6 Å². The number of hydrogen-bond donors (Lipinski definition) is 3. The third kappa shape index (κ3) is 6.70. The molecular weight excluding hydrogens is 400 g/mol. The van der Waals surface area contributed by atoms with Crippen molar-refractivity contribution in [1.82, 2.24) is 16.0 Å². The van der Waals surface area contributed by atoms with Gasteiger partial charge in [0.2, 0.25) is 5.75 Å². The molecule has 0 heterocycles. The second-order valence-corrected chi connectivity index (χ2v) is 6.37. The van der Waals surface area contributed by atoms with Crippen molar-refractivity contribution in [3.05, 3.63) is 47.5 Å². The van der Waals surface area contributed by atoms with Gasteiger partial charge in [-0.05, 0) is 42.0 Å². The third-order valence-electron chi connectivity index (χ3n) is 4.46. The number of benzene rings is 2. The van der Waals surface area contributed by atoms with Gasteiger partial charge in [-0.3, -0.25) is 9.79 Å². The summed E-state index contributed by atoms with van der Waals surface area (Å²) in [5, 5.41) is 9.24. The van der Waals surface area contributed by atoms with Crippen LogP contribution in [-0.2, 0) is 6.54 Å². The number of aliphatic imine (C=N–C) groups is 1. The van der Waals surface area contributed by atoms with E-state index >= 15 is 0 Å². The maximum absolute atomic E-state index is 12.2. The van der Waals surface area contributed by atoms with Crippen LogP contribution in [0.5, 0.6) is 23.0 Å². The largest absolute Gasteiger partial charge is 0.497 e. The fourth-order valence-electron chi connectivity index (χ4n) is 2.85. The Labute approximate surface area is 182 Å². The van der Waals surface area contributed by atoms with Crippen LogP contribution < -0.4 is 34.9 Å². The second kappa shape index (κ2) is 12.2. The molecule has 0 saturated carbocycles. The highest BCUT2D eigenvalue weighted by molar-refractivity contribution is 5.94. The second-order valence-electron chi connectivity index (χ2n) is 6.37. The molecule has 2 rings (SSSR count). The number of nitrogens with zero attached hydrogens (tertiary/aromatic N) is 1. The van der Waals surface area contributed by atoms with Crippen LogP contribution in [0.3, 0.4) is 0 Å². The van der Waals surface area contributed by atoms with Gasteiger partial charge in [0.1, 0.15) is 5.75 Å². The number of methoxy groups -OCH3 is 4. The SMILES string of the molecule is CN=C(NCCNC(=O)c1ccc(OC)cc1)NCc1cc(OC)c(OC)c(OC)c1. The van der Waals surface area contributed by atoms with E-state index in [1.165, 1.54) is 0 Å². The van der Waals surface area contributed by atoms with Gasteiger partial charge in [-0.1, -0.05) is 0 Å². The number of guanidine groups is 1. The number of carbonyl (C=O) groups is 1. The Bertz CT molecular complexity index is 859. The average Bonchev–Trinajstić information content (AvgIpc) is 2.82. The molecule has 0 fully saturated rings. The van der Waals surface area contributed by atoms with Gasteiger partial charge in [0.05, 0.1) is 28.4 Å². The Morgan fingerprint density at radius 3 is 1.97 bits per heavy atom. The molecule has 3 N–H and O–H groups in total. The zero-order chi connectivity index (χ0) is 22.6. The molecule has 0 aliphatic carbocycles. The van der Waals surface area contributed by atoms with E-state index in [9.17, 15) is 4.79 Å². The molecule has 0 radical (unpaired) electrons. The van der Waals surface area contributed by atoms with Gasteiger partial charge in [-0.25, -0.2) is 0 Å². The lowest BCUT2D eigenvalue weighted by Gasteiger charge is -2.16. The van der Waals surface area contributed by atoms with E-state index in [4.69, 9.17) is 18.9 Å². The molecule has 0 unspecified atom stereocenters. The normalized spacial score (nSPS) is 10.8. The first-order valence-electron chi connectivity index (χ1n) is 9.71. The van der Waals surface area contributed by atoms with Gasteiger partial charge in [0, 0.05) is 32.2 Å². The molecule has 31 heavy (non-hydrogen) atoms. The Balaban J connectivity index is 1.83. The van der Waals surface area contributed by atoms with Crippen LogP contribution in [0.1, 0.15) is 15.9 Å². The van der Waals surface area contributed by atoms with E-state index < -0.39 is 0 Å². The molecule has 168 valence electrons. The van der Waals surface area contributed by atoms with Crippen molar-refractivity contribution in [2.45, 2.75) is 6.54 Å². The molecule has 0 atom stereocenters. The molecule has 0 aliphatic rings. The summed E-state index contributed by atoms with van der Waals surface area (Å²) in [5.41, 5.74) is 1.51. The maximum Gasteiger partial charge on any atom is 0.251 e.